The fourth-order valence-corrected chi connectivity index (χ4v) is 4.01. The molecule has 0 saturated heterocycles. The molecule has 9 heteroatoms. The van der Waals surface area contributed by atoms with Crippen molar-refractivity contribution in [2.75, 3.05) is 5.75 Å². The zero-order valence-corrected chi connectivity index (χ0v) is 16.5. The molecule has 28 heavy (non-hydrogen) atoms. The van der Waals surface area contributed by atoms with Crippen LogP contribution >= 0.6 is 11.8 Å². The Labute approximate surface area is 165 Å². The van der Waals surface area contributed by atoms with Crippen molar-refractivity contribution in [1.29, 1.82) is 5.26 Å². The van der Waals surface area contributed by atoms with Crippen LogP contribution in [0.3, 0.4) is 0 Å². The second kappa shape index (κ2) is 7.66. The minimum Gasteiger partial charge on any atom is -0.337 e. The molecule has 1 fully saturated rings. The van der Waals surface area contributed by atoms with Crippen LogP contribution in [0, 0.1) is 17.2 Å². The number of thioether (sulfide) groups is 1. The fourth-order valence-electron chi connectivity index (χ4n) is 3.16. The number of imidazole rings is 1. The van der Waals surface area contributed by atoms with E-state index in [1.54, 1.807) is 11.5 Å². The number of hydrogen-bond donors (Lipinski definition) is 1. The lowest BCUT2D eigenvalue weighted by atomic mass is 9.98. The Morgan fingerprint density at radius 1 is 1.43 bits per heavy atom. The molecule has 2 aromatic rings. The second-order valence-electron chi connectivity index (χ2n) is 7.17. The summed E-state index contributed by atoms with van der Waals surface area (Å²) in [6.45, 7) is 4.15. The normalized spacial score (nSPS) is 16.6. The van der Waals surface area contributed by atoms with E-state index in [1.807, 2.05) is 6.92 Å². The van der Waals surface area contributed by atoms with Crippen molar-refractivity contribution >= 4 is 28.7 Å². The van der Waals surface area contributed by atoms with Crippen LogP contribution < -0.4 is 5.32 Å². The smallest absolute Gasteiger partial charge is 0.337 e. The van der Waals surface area contributed by atoms with Gasteiger partial charge in [0.25, 0.3) is 0 Å². The molecule has 1 aromatic heterocycles. The molecule has 150 valence electrons. The second-order valence-corrected chi connectivity index (χ2v) is 8.12. The predicted octanol–water partition coefficient (Wildman–Crippen LogP) is 4.37. The van der Waals surface area contributed by atoms with Gasteiger partial charge in [-0.25, -0.2) is 4.98 Å². The van der Waals surface area contributed by atoms with E-state index < -0.39 is 17.3 Å². The minimum absolute atomic E-state index is 0.0448. The van der Waals surface area contributed by atoms with Gasteiger partial charge in [0.2, 0.25) is 5.91 Å². The lowest BCUT2D eigenvalue weighted by molar-refractivity contribution is -0.137. The molecule has 1 aliphatic carbocycles. The average molecular weight is 410 g/mol. The maximum absolute atomic E-state index is 13.0. The highest BCUT2D eigenvalue weighted by Crippen LogP contribution is 2.39. The topological polar surface area (TPSA) is 70.7 Å². The largest absolute Gasteiger partial charge is 0.416 e. The molecule has 1 N–H and O–H groups in total. The van der Waals surface area contributed by atoms with Crippen molar-refractivity contribution in [1.82, 2.24) is 14.9 Å². The van der Waals surface area contributed by atoms with Crippen LogP contribution in [0.4, 0.5) is 13.2 Å². The van der Waals surface area contributed by atoms with Crippen molar-refractivity contribution in [2.24, 2.45) is 5.92 Å². The highest BCUT2D eigenvalue weighted by Gasteiger charge is 2.43. The van der Waals surface area contributed by atoms with Gasteiger partial charge in [-0.1, -0.05) is 18.7 Å². The monoisotopic (exact) mass is 410 g/mol. The third-order valence-corrected chi connectivity index (χ3v) is 5.82. The number of rotatable bonds is 7. The molecule has 5 nitrogen and oxygen atoms in total. The van der Waals surface area contributed by atoms with E-state index >= 15 is 0 Å². The summed E-state index contributed by atoms with van der Waals surface area (Å²) < 4.78 is 40.8. The van der Waals surface area contributed by atoms with Gasteiger partial charge in [-0.2, -0.15) is 18.4 Å². The summed E-state index contributed by atoms with van der Waals surface area (Å²) in [5, 5.41) is 12.6. The van der Waals surface area contributed by atoms with E-state index in [1.165, 1.54) is 17.8 Å². The van der Waals surface area contributed by atoms with Gasteiger partial charge in [0.15, 0.2) is 5.16 Å². The molecule has 0 unspecified atom stereocenters. The van der Waals surface area contributed by atoms with Gasteiger partial charge in [-0.15, -0.1) is 0 Å². The van der Waals surface area contributed by atoms with Crippen LogP contribution in [0.2, 0.25) is 0 Å². The Hall–Kier alpha value is -2.21. The van der Waals surface area contributed by atoms with E-state index in [-0.39, 0.29) is 17.6 Å². The quantitative estimate of drug-likeness (QED) is 0.689. The van der Waals surface area contributed by atoms with Crippen LogP contribution in [-0.2, 0) is 17.5 Å². The van der Waals surface area contributed by atoms with Crippen LogP contribution in [0.15, 0.2) is 23.4 Å². The maximum atomic E-state index is 13.0. The van der Waals surface area contributed by atoms with Gasteiger partial charge >= 0.3 is 6.18 Å². The highest BCUT2D eigenvalue weighted by molar-refractivity contribution is 7.99. The molecular weight excluding hydrogens is 389 g/mol. The van der Waals surface area contributed by atoms with Gasteiger partial charge in [-0.3, -0.25) is 4.79 Å². The lowest BCUT2D eigenvalue weighted by Crippen LogP contribution is -2.47. The predicted molar refractivity (Wildman–Crippen MR) is 101 cm³/mol. The first kappa shape index (κ1) is 20.5. The Balaban J connectivity index is 1.79. The van der Waals surface area contributed by atoms with E-state index in [0.717, 1.165) is 31.4 Å². The number of carbonyl (C=O) groups is 1. The molecule has 3 rings (SSSR count). The highest BCUT2D eigenvalue weighted by atomic mass is 32.2. The number of alkyl halides is 3. The molecule has 0 radical (unpaired) electrons. The molecule has 1 aromatic carbocycles. The molecule has 1 atom stereocenters. The number of hydrogen-bond acceptors (Lipinski definition) is 4. The third-order valence-electron chi connectivity index (χ3n) is 4.85. The van der Waals surface area contributed by atoms with Crippen molar-refractivity contribution in [3.63, 3.8) is 0 Å². The minimum atomic E-state index is -4.42. The summed E-state index contributed by atoms with van der Waals surface area (Å²) in [6.07, 6.45) is -1.86. The summed E-state index contributed by atoms with van der Waals surface area (Å²) >= 11 is 1.17. The number of nitrogens with zero attached hydrogens (tertiary/aromatic N) is 3. The number of amides is 1. The number of nitriles is 1. The van der Waals surface area contributed by atoms with Gasteiger partial charge in [0.05, 0.1) is 28.4 Å². The summed E-state index contributed by atoms with van der Waals surface area (Å²) in [5.74, 6) is -0.0627. The van der Waals surface area contributed by atoms with Crippen molar-refractivity contribution in [2.45, 2.75) is 56.5 Å². The van der Waals surface area contributed by atoms with E-state index in [4.69, 9.17) is 0 Å². The number of aromatic nitrogens is 2. The Morgan fingerprint density at radius 3 is 2.71 bits per heavy atom. The maximum Gasteiger partial charge on any atom is 0.416 e. The van der Waals surface area contributed by atoms with Crippen LogP contribution in [0.5, 0.6) is 0 Å². The molecule has 0 aliphatic heterocycles. The van der Waals surface area contributed by atoms with Gasteiger partial charge < -0.3 is 9.88 Å². The molecule has 1 aliphatic rings. The Bertz CT molecular complexity index is 930. The Kier molecular flexibility index (Phi) is 5.62. The van der Waals surface area contributed by atoms with Crippen LogP contribution in [0.25, 0.3) is 11.0 Å². The van der Waals surface area contributed by atoms with Gasteiger partial charge in [0.1, 0.15) is 5.54 Å². The number of halogens is 3. The first-order chi connectivity index (χ1) is 13.2. The van der Waals surface area contributed by atoms with Crippen LogP contribution in [-0.4, -0.2) is 26.8 Å². The van der Waals surface area contributed by atoms with Gasteiger partial charge in [-0.05, 0) is 50.3 Å². The molecular formula is C19H21F3N4OS. The molecule has 0 bridgehead atoms. The van der Waals surface area contributed by atoms with E-state index in [2.05, 4.69) is 16.4 Å². The zero-order chi connectivity index (χ0) is 20.5. The standard InChI is InChI=1S/C19H21F3N4OS/c1-3-8-26-15-9-13(19(20,21)22)6-7-14(15)24-17(26)28-10-16(27)25-18(2,11-23)12-4-5-12/h6-7,9,12H,3-5,8,10H2,1-2H3,(H,25,27)/t18-/m1/s1. The van der Waals surface area contributed by atoms with Crippen molar-refractivity contribution in [3.05, 3.63) is 23.8 Å². The number of aryl methyl sites for hydroxylation is 1. The number of carbonyl (C=O) groups excluding carboxylic acids is 1. The van der Waals surface area contributed by atoms with Crippen molar-refractivity contribution < 1.29 is 18.0 Å². The first-order valence-electron chi connectivity index (χ1n) is 9.10. The zero-order valence-electron chi connectivity index (χ0n) is 15.6. The van der Waals surface area contributed by atoms with Gasteiger partial charge in [0, 0.05) is 6.54 Å². The molecule has 1 amide bonds. The number of benzene rings is 1. The van der Waals surface area contributed by atoms with Crippen LogP contribution in [0.1, 0.15) is 38.7 Å². The summed E-state index contributed by atoms with van der Waals surface area (Å²) in [7, 11) is 0. The molecule has 1 heterocycles. The average Bonchev–Trinajstić information content (AvgIpc) is 3.44. The Morgan fingerprint density at radius 2 is 2.14 bits per heavy atom. The third kappa shape index (κ3) is 4.27. The summed E-state index contributed by atoms with van der Waals surface area (Å²) in [5.41, 5.74) is -0.729. The van der Waals surface area contributed by atoms with Crippen molar-refractivity contribution in [3.8, 4) is 6.07 Å². The number of fused-ring (bicyclic) bond motifs is 1. The molecule has 0 spiro atoms. The summed E-state index contributed by atoms with van der Waals surface area (Å²) in [4.78, 5) is 16.7. The number of nitrogens with one attached hydrogen (secondary N) is 1. The van der Waals surface area contributed by atoms with E-state index in [9.17, 15) is 23.2 Å². The summed E-state index contributed by atoms with van der Waals surface area (Å²) in [6, 6.07) is 5.64. The molecule has 1 saturated carbocycles. The van der Waals surface area contributed by atoms with E-state index in [0.29, 0.717) is 22.7 Å². The lowest BCUT2D eigenvalue weighted by Gasteiger charge is -2.22. The fraction of sp³-hybridized carbons (Fsp3) is 0.526. The first-order valence-corrected chi connectivity index (χ1v) is 10.1. The SMILES string of the molecule is CCCn1c(SCC(=O)N[C@](C)(C#N)C2CC2)nc2ccc(C(F)(F)F)cc21.